The Morgan fingerprint density at radius 2 is 1.75 bits per heavy atom. The van der Waals surface area contributed by atoms with Gasteiger partial charge in [0.15, 0.2) is 17.5 Å². The van der Waals surface area contributed by atoms with Crippen molar-refractivity contribution < 1.29 is 14.2 Å². The number of ether oxygens (including phenoxy) is 3. The fourth-order valence-corrected chi connectivity index (χ4v) is 3.96. The predicted octanol–water partition coefficient (Wildman–Crippen LogP) is 4.54. The fourth-order valence-electron chi connectivity index (χ4n) is 3.96. The standard InChI is InChI=1S/C24H34N4O3.HI/c1-5-31-23-16-18(12-13-22(23)30-4)27-24(25-2)26-17-20(28-14-8-9-15-28)19-10-6-7-11-21(19)29-3;/h6-7,10-13,16,20H,5,8-9,14-15,17H2,1-4H3,(H2,25,26,27);1H. The average Bonchev–Trinajstić information content (AvgIpc) is 3.34. The molecular formula is C24H35IN4O3. The molecule has 1 heterocycles. The number of nitrogens with zero attached hydrogens (tertiary/aromatic N) is 2. The fraction of sp³-hybridized carbons (Fsp3) is 0.458. The van der Waals surface area contributed by atoms with Gasteiger partial charge in [0.2, 0.25) is 0 Å². The summed E-state index contributed by atoms with van der Waals surface area (Å²) >= 11 is 0. The summed E-state index contributed by atoms with van der Waals surface area (Å²) in [6.45, 7) is 5.42. The molecule has 2 aromatic rings. The van der Waals surface area contributed by atoms with E-state index in [0.29, 0.717) is 30.6 Å². The van der Waals surface area contributed by atoms with Crippen LogP contribution in [0.5, 0.6) is 17.2 Å². The molecule has 2 N–H and O–H groups in total. The van der Waals surface area contributed by atoms with Gasteiger partial charge in [0, 0.05) is 30.9 Å². The summed E-state index contributed by atoms with van der Waals surface area (Å²) in [6.07, 6.45) is 2.45. The third kappa shape index (κ3) is 6.65. The van der Waals surface area contributed by atoms with Gasteiger partial charge in [0.05, 0.1) is 26.9 Å². The van der Waals surface area contributed by atoms with Gasteiger partial charge in [-0.1, -0.05) is 18.2 Å². The lowest BCUT2D eigenvalue weighted by atomic mass is 10.0. The zero-order chi connectivity index (χ0) is 22.1. The monoisotopic (exact) mass is 554 g/mol. The van der Waals surface area contributed by atoms with Crippen LogP contribution in [0.4, 0.5) is 5.69 Å². The Balaban J connectivity index is 0.00000363. The number of methoxy groups -OCH3 is 2. The molecule has 1 atom stereocenters. The summed E-state index contributed by atoms with van der Waals surface area (Å²) in [5.41, 5.74) is 2.07. The quantitative estimate of drug-likeness (QED) is 0.270. The van der Waals surface area contributed by atoms with Crippen LogP contribution in [0.1, 0.15) is 31.4 Å². The number of rotatable bonds is 9. The number of benzene rings is 2. The highest BCUT2D eigenvalue weighted by atomic mass is 127. The van der Waals surface area contributed by atoms with Crippen molar-refractivity contribution in [3.63, 3.8) is 0 Å². The van der Waals surface area contributed by atoms with Crippen LogP contribution in [-0.4, -0.2) is 58.4 Å². The minimum atomic E-state index is 0. The van der Waals surface area contributed by atoms with Gasteiger partial charge in [-0.2, -0.15) is 0 Å². The van der Waals surface area contributed by atoms with Gasteiger partial charge >= 0.3 is 0 Å². The molecule has 0 radical (unpaired) electrons. The average molecular weight is 554 g/mol. The molecule has 2 aromatic carbocycles. The summed E-state index contributed by atoms with van der Waals surface area (Å²) < 4.78 is 16.7. The molecule has 32 heavy (non-hydrogen) atoms. The number of likely N-dealkylation sites (tertiary alicyclic amines) is 1. The van der Waals surface area contributed by atoms with Gasteiger partial charge in [-0.25, -0.2) is 0 Å². The molecule has 0 spiro atoms. The largest absolute Gasteiger partial charge is 0.496 e. The van der Waals surface area contributed by atoms with Gasteiger partial charge in [-0.15, -0.1) is 24.0 Å². The van der Waals surface area contributed by atoms with Crippen LogP contribution in [0.15, 0.2) is 47.5 Å². The van der Waals surface area contributed by atoms with Crippen LogP contribution in [0.25, 0.3) is 0 Å². The number of halogens is 1. The molecule has 7 nitrogen and oxygen atoms in total. The molecule has 1 unspecified atom stereocenters. The van der Waals surface area contributed by atoms with Gasteiger partial charge in [-0.3, -0.25) is 9.89 Å². The first-order valence-electron chi connectivity index (χ1n) is 10.9. The second-order valence-electron chi connectivity index (χ2n) is 7.38. The predicted molar refractivity (Wildman–Crippen MR) is 141 cm³/mol. The van der Waals surface area contributed by atoms with Crippen LogP contribution >= 0.6 is 24.0 Å². The normalized spacial score (nSPS) is 14.9. The highest BCUT2D eigenvalue weighted by molar-refractivity contribution is 14.0. The molecule has 176 valence electrons. The Bertz CT molecular complexity index is 872. The zero-order valence-electron chi connectivity index (χ0n) is 19.4. The van der Waals surface area contributed by atoms with E-state index in [0.717, 1.165) is 24.5 Å². The van der Waals surface area contributed by atoms with E-state index in [9.17, 15) is 0 Å². The van der Waals surface area contributed by atoms with Gasteiger partial charge in [0.1, 0.15) is 5.75 Å². The van der Waals surface area contributed by atoms with Gasteiger partial charge in [0.25, 0.3) is 0 Å². The van der Waals surface area contributed by atoms with E-state index in [1.807, 2.05) is 37.3 Å². The highest BCUT2D eigenvalue weighted by Crippen LogP contribution is 2.32. The smallest absolute Gasteiger partial charge is 0.195 e. The van der Waals surface area contributed by atoms with Crippen molar-refractivity contribution >= 4 is 35.6 Å². The summed E-state index contributed by atoms with van der Waals surface area (Å²) in [5, 5.41) is 6.85. The van der Waals surface area contributed by atoms with E-state index < -0.39 is 0 Å². The van der Waals surface area contributed by atoms with Crippen molar-refractivity contribution in [2.45, 2.75) is 25.8 Å². The Morgan fingerprint density at radius 1 is 1.03 bits per heavy atom. The number of hydrogen-bond acceptors (Lipinski definition) is 5. The Hall–Kier alpha value is -2.20. The number of aliphatic imine (C=N–C) groups is 1. The van der Waals surface area contributed by atoms with Crippen molar-refractivity contribution in [2.24, 2.45) is 4.99 Å². The third-order valence-corrected chi connectivity index (χ3v) is 5.49. The first-order chi connectivity index (χ1) is 15.2. The third-order valence-electron chi connectivity index (χ3n) is 5.49. The number of guanidine groups is 1. The zero-order valence-corrected chi connectivity index (χ0v) is 21.7. The lowest BCUT2D eigenvalue weighted by molar-refractivity contribution is 0.240. The molecule has 8 heteroatoms. The number of para-hydroxylation sites is 1. The minimum Gasteiger partial charge on any atom is -0.496 e. The van der Waals surface area contributed by atoms with E-state index in [4.69, 9.17) is 14.2 Å². The van der Waals surface area contributed by atoms with E-state index in [-0.39, 0.29) is 30.0 Å². The van der Waals surface area contributed by atoms with Crippen LogP contribution < -0.4 is 24.8 Å². The Labute approximate surface area is 208 Å². The maximum Gasteiger partial charge on any atom is 0.195 e. The molecule has 0 bridgehead atoms. The Morgan fingerprint density at radius 3 is 2.41 bits per heavy atom. The highest BCUT2D eigenvalue weighted by Gasteiger charge is 2.26. The molecule has 0 saturated carbocycles. The van der Waals surface area contributed by atoms with Crippen LogP contribution in [-0.2, 0) is 0 Å². The second kappa shape index (κ2) is 13.4. The van der Waals surface area contributed by atoms with Crippen LogP contribution in [0.3, 0.4) is 0 Å². The summed E-state index contributed by atoms with van der Waals surface area (Å²) in [5.74, 6) is 3.03. The van der Waals surface area contributed by atoms with E-state index in [1.165, 1.54) is 18.4 Å². The minimum absolute atomic E-state index is 0. The second-order valence-corrected chi connectivity index (χ2v) is 7.38. The Kier molecular flexibility index (Phi) is 10.9. The molecule has 1 saturated heterocycles. The van der Waals surface area contributed by atoms with E-state index >= 15 is 0 Å². The lowest BCUT2D eigenvalue weighted by Gasteiger charge is -2.30. The topological polar surface area (TPSA) is 67.3 Å². The van der Waals surface area contributed by atoms with Gasteiger partial charge < -0.3 is 24.8 Å². The molecule has 1 aliphatic rings. The molecule has 1 aliphatic heterocycles. The first kappa shape index (κ1) is 26.1. The van der Waals surface area contributed by atoms with Gasteiger partial charge in [-0.05, 0) is 51.1 Å². The summed E-state index contributed by atoms with van der Waals surface area (Å²) in [4.78, 5) is 6.92. The maximum absolute atomic E-state index is 5.69. The molecule has 0 aromatic heterocycles. The lowest BCUT2D eigenvalue weighted by Crippen LogP contribution is -2.39. The molecule has 3 rings (SSSR count). The maximum atomic E-state index is 5.69. The SMILES string of the molecule is CCOc1cc(NC(=NC)NCC(c2ccccc2OC)N2CCCC2)ccc1OC.I. The summed E-state index contributed by atoms with van der Waals surface area (Å²) in [7, 11) is 5.14. The first-order valence-corrected chi connectivity index (χ1v) is 10.9. The van der Waals surface area contributed by atoms with Crippen LogP contribution in [0.2, 0.25) is 0 Å². The molecule has 0 amide bonds. The van der Waals surface area contributed by atoms with Crippen molar-refractivity contribution in [1.82, 2.24) is 10.2 Å². The number of hydrogen-bond donors (Lipinski definition) is 2. The molecule has 1 fully saturated rings. The molecule has 0 aliphatic carbocycles. The number of nitrogens with one attached hydrogen (secondary N) is 2. The van der Waals surface area contributed by atoms with Crippen molar-refractivity contribution in [2.75, 3.05) is 52.8 Å². The van der Waals surface area contributed by atoms with E-state index in [2.05, 4.69) is 32.7 Å². The van der Waals surface area contributed by atoms with Crippen molar-refractivity contribution in [1.29, 1.82) is 0 Å². The number of anilines is 1. The van der Waals surface area contributed by atoms with Crippen molar-refractivity contribution in [3.8, 4) is 17.2 Å². The van der Waals surface area contributed by atoms with Crippen LogP contribution in [0, 0.1) is 0 Å². The van der Waals surface area contributed by atoms with E-state index in [1.54, 1.807) is 21.3 Å². The summed E-state index contributed by atoms with van der Waals surface area (Å²) in [6, 6.07) is 14.2. The van der Waals surface area contributed by atoms with Crippen molar-refractivity contribution in [3.05, 3.63) is 48.0 Å². The molecular weight excluding hydrogens is 519 g/mol.